The lowest BCUT2D eigenvalue weighted by atomic mass is 10.1. The van der Waals surface area contributed by atoms with E-state index in [4.69, 9.17) is 4.74 Å². The van der Waals surface area contributed by atoms with Crippen LogP contribution in [0, 0.1) is 6.92 Å². The number of hydrogen-bond donors (Lipinski definition) is 2. The molecule has 0 unspecified atom stereocenters. The molecule has 0 spiro atoms. The number of hydrogen-bond acceptors (Lipinski definition) is 6. The van der Waals surface area contributed by atoms with Gasteiger partial charge in [0.2, 0.25) is 0 Å². The van der Waals surface area contributed by atoms with E-state index in [2.05, 4.69) is 25.3 Å². The van der Waals surface area contributed by atoms with Gasteiger partial charge in [-0.05, 0) is 32.0 Å². The van der Waals surface area contributed by atoms with E-state index >= 15 is 0 Å². The van der Waals surface area contributed by atoms with Gasteiger partial charge in [-0.25, -0.2) is 14.8 Å². The normalized spacial score (nSPS) is 12.8. The van der Waals surface area contributed by atoms with Crippen LogP contribution in [0.1, 0.15) is 29.2 Å². The van der Waals surface area contributed by atoms with Crippen molar-refractivity contribution in [3.63, 3.8) is 0 Å². The maximum atomic E-state index is 13.2. The summed E-state index contributed by atoms with van der Waals surface area (Å²) >= 11 is 1.36. The van der Waals surface area contributed by atoms with Crippen molar-refractivity contribution in [2.75, 3.05) is 17.7 Å². The topological polar surface area (TPSA) is 85.4 Å². The second-order valence-corrected chi connectivity index (χ2v) is 7.70. The van der Waals surface area contributed by atoms with Crippen molar-refractivity contribution in [2.24, 2.45) is 0 Å². The predicted molar refractivity (Wildman–Crippen MR) is 108 cm³/mol. The molecule has 2 N–H and O–H groups in total. The first-order chi connectivity index (χ1) is 15.0. The number of urea groups is 1. The summed E-state index contributed by atoms with van der Waals surface area (Å²) in [6.07, 6.45) is -4.05. The number of benzene rings is 1. The maximum absolute atomic E-state index is 13.2. The summed E-state index contributed by atoms with van der Waals surface area (Å²) in [7, 11) is 1.47. The number of amides is 2. The Labute approximate surface area is 182 Å². The van der Waals surface area contributed by atoms with Crippen LogP contribution in [0.5, 0.6) is 5.75 Å². The molecule has 1 aromatic carbocycles. The third-order valence-corrected chi connectivity index (χ3v) is 5.22. The number of pyridine rings is 1. The molecule has 7 nitrogen and oxygen atoms in total. The molecule has 0 bridgehead atoms. The number of carbonyl (C=O) groups is 1. The number of methoxy groups -OCH3 is 1. The molecule has 0 aliphatic carbocycles. The number of rotatable bonds is 6. The van der Waals surface area contributed by atoms with E-state index < -0.39 is 36.2 Å². The molecule has 1 atom stereocenters. The molecule has 2 heterocycles. The number of thiazole rings is 1. The first-order valence-corrected chi connectivity index (χ1v) is 9.84. The standard InChI is InChI=1S/C19H17F5N4O3S/c1-8(30-3)14-12(7-25-16-15(14)26-9(2)32-16)28-18(29)27-10-4-5-13(31-17(20)21)11(6-10)19(22,23)24/h4-8,17H,1-3H3,(H2,27,28,29)/t8-/m0/s1. The number of carbonyl (C=O) groups excluding carboxylic acids is 1. The van der Waals surface area contributed by atoms with Gasteiger partial charge in [0, 0.05) is 18.4 Å². The minimum Gasteiger partial charge on any atom is -0.434 e. The minimum atomic E-state index is -4.98. The molecule has 3 rings (SSSR count). The Morgan fingerprint density at radius 2 is 1.94 bits per heavy atom. The third kappa shape index (κ3) is 5.22. The molecule has 0 saturated heterocycles. The lowest BCUT2D eigenvalue weighted by Gasteiger charge is -2.17. The van der Waals surface area contributed by atoms with E-state index in [1.807, 2.05) is 0 Å². The van der Waals surface area contributed by atoms with Gasteiger partial charge in [0.25, 0.3) is 0 Å². The zero-order valence-corrected chi connectivity index (χ0v) is 17.7. The number of nitrogens with one attached hydrogen (secondary N) is 2. The van der Waals surface area contributed by atoms with Crippen molar-refractivity contribution in [2.45, 2.75) is 32.7 Å². The number of nitrogens with zero attached hydrogens (tertiary/aromatic N) is 2. The maximum Gasteiger partial charge on any atom is 0.420 e. The predicted octanol–water partition coefficient (Wildman–Crippen LogP) is 5.97. The molecule has 0 fully saturated rings. The monoisotopic (exact) mass is 476 g/mol. The smallest absolute Gasteiger partial charge is 0.420 e. The van der Waals surface area contributed by atoms with E-state index in [0.29, 0.717) is 28.0 Å². The van der Waals surface area contributed by atoms with Crippen LogP contribution in [0.25, 0.3) is 10.3 Å². The summed E-state index contributed by atoms with van der Waals surface area (Å²) in [6, 6.07) is 1.34. The van der Waals surface area contributed by atoms with Crippen LogP contribution in [0.4, 0.5) is 38.1 Å². The van der Waals surface area contributed by atoms with Crippen molar-refractivity contribution < 1.29 is 36.2 Å². The molecule has 3 aromatic rings. The molecular formula is C19H17F5N4O3S. The Morgan fingerprint density at radius 1 is 1.22 bits per heavy atom. The van der Waals surface area contributed by atoms with Gasteiger partial charge >= 0.3 is 18.8 Å². The van der Waals surface area contributed by atoms with Gasteiger partial charge in [-0.15, -0.1) is 0 Å². The Bertz CT molecular complexity index is 1140. The van der Waals surface area contributed by atoms with E-state index in [0.717, 1.165) is 11.1 Å². The highest BCUT2D eigenvalue weighted by Crippen LogP contribution is 2.39. The Kier molecular flexibility index (Phi) is 6.79. The quantitative estimate of drug-likeness (QED) is 0.428. The number of aryl methyl sites for hydroxylation is 1. The second kappa shape index (κ2) is 9.20. The number of aromatic nitrogens is 2. The van der Waals surface area contributed by atoms with E-state index in [1.54, 1.807) is 13.8 Å². The van der Waals surface area contributed by atoms with Crippen LogP contribution in [0.15, 0.2) is 24.4 Å². The first kappa shape index (κ1) is 23.6. The van der Waals surface area contributed by atoms with Gasteiger partial charge in [0.15, 0.2) is 0 Å². The minimum absolute atomic E-state index is 0.253. The Hall–Kier alpha value is -3.06. The Morgan fingerprint density at radius 3 is 2.56 bits per heavy atom. The van der Waals surface area contributed by atoms with Crippen molar-refractivity contribution in [1.29, 1.82) is 0 Å². The summed E-state index contributed by atoms with van der Waals surface area (Å²) < 4.78 is 73.7. The van der Waals surface area contributed by atoms with Crippen LogP contribution >= 0.6 is 11.3 Å². The summed E-state index contributed by atoms with van der Waals surface area (Å²) in [5.74, 6) is -1.05. The third-order valence-electron chi connectivity index (χ3n) is 4.34. The fourth-order valence-corrected chi connectivity index (χ4v) is 3.72. The van der Waals surface area contributed by atoms with Crippen molar-refractivity contribution in [3.05, 3.63) is 40.5 Å². The molecule has 32 heavy (non-hydrogen) atoms. The summed E-state index contributed by atoms with van der Waals surface area (Å²) in [4.78, 5) is 21.8. The van der Waals surface area contributed by atoms with Gasteiger partial charge in [0.05, 0.1) is 28.6 Å². The fourth-order valence-electron chi connectivity index (χ4n) is 2.94. The number of ether oxygens (including phenoxy) is 2. The summed E-state index contributed by atoms with van der Waals surface area (Å²) in [6.45, 7) is 0.105. The number of alkyl halides is 5. The molecule has 0 aliphatic heterocycles. The van der Waals surface area contributed by atoms with Gasteiger partial charge in [-0.1, -0.05) is 11.3 Å². The first-order valence-electron chi connectivity index (χ1n) is 9.02. The highest BCUT2D eigenvalue weighted by molar-refractivity contribution is 7.18. The number of anilines is 2. The molecule has 0 radical (unpaired) electrons. The molecule has 2 amide bonds. The molecule has 13 heteroatoms. The van der Waals surface area contributed by atoms with Crippen LogP contribution in [0.3, 0.4) is 0 Å². The molecular weight excluding hydrogens is 459 g/mol. The average Bonchev–Trinajstić information content (AvgIpc) is 3.07. The van der Waals surface area contributed by atoms with E-state index in [9.17, 15) is 26.7 Å². The molecule has 2 aromatic heterocycles. The van der Waals surface area contributed by atoms with Gasteiger partial charge < -0.3 is 20.1 Å². The Balaban J connectivity index is 1.88. The summed E-state index contributed by atoms with van der Waals surface area (Å²) in [5.41, 5.74) is -0.397. The zero-order chi connectivity index (χ0) is 23.6. The van der Waals surface area contributed by atoms with Crippen molar-refractivity contribution >= 4 is 39.1 Å². The molecule has 0 aliphatic rings. The lowest BCUT2D eigenvalue weighted by Crippen LogP contribution is -2.21. The molecule has 0 saturated carbocycles. The largest absolute Gasteiger partial charge is 0.434 e. The van der Waals surface area contributed by atoms with Gasteiger partial charge in [-0.3, -0.25) is 0 Å². The highest BCUT2D eigenvalue weighted by Gasteiger charge is 2.35. The molecule has 172 valence electrons. The van der Waals surface area contributed by atoms with Crippen LogP contribution in [0.2, 0.25) is 0 Å². The van der Waals surface area contributed by atoms with E-state index in [1.165, 1.54) is 24.6 Å². The van der Waals surface area contributed by atoms with Crippen LogP contribution < -0.4 is 15.4 Å². The average molecular weight is 476 g/mol. The van der Waals surface area contributed by atoms with Gasteiger partial charge in [-0.2, -0.15) is 22.0 Å². The zero-order valence-electron chi connectivity index (χ0n) is 16.9. The summed E-state index contributed by atoms with van der Waals surface area (Å²) in [5, 5.41) is 5.52. The van der Waals surface area contributed by atoms with E-state index in [-0.39, 0.29) is 11.4 Å². The second-order valence-electron chi connectivity index (χ2n) is 6.52. The number of halogens is 5. The van der Waals surface area contributed by atoms with Crippen molar-refractivity contribution in [1.82, 2.24) is 9.97 Å². The fraction of sp³-hybridized carbons (Fsp3) is 0.316. The van der Waals surface area contributed by atoms with Crippen LogP contribution in [-0.4, -0.2) is 29.7 Å². The van der Waals surface area contributed by atoms with Crippen LogP contribution in [-0.2, 0) is 10.9 Å². The SMILES string of the molecule is CO[C@@H](C)c1c(NC(=O)Nc2ccc(OC(F)F)c(C(F)(F)F)c2)cnc2sc(C)nc12. The lowest BCUT2D eigenvalue weighted by molar-refractivity contribution is -0.141. The highest BCUT2D eigenvalue weighted by atomic mass is 32.1. The number of fused-ring (bicyclic) bond motifs is 1. The van der Waals surface area contributed by atoms with Crippen molar-refractivity contribution in [3.8, 4) is 5.75 Å². The van der Waals surface area contributed by atoms with Gasteiger partial charge in [0.1, 0.15) is 16.1 Å².